The Morgan fingerprint density at radius 3 is 2.45 bits per heavy atom. The van der Waals surface area contributed by atoms with Crippen molar-refractivity contribution in [2.24, 2.45) is 11.8 Å². The van der Waals surface area contributed by atoms with Gasteiger partial charge in [-0.1, -0.05) is 12.1 Å². The Morgan fingerprint density at radius 2 is 1.79 bits per heavy atom. The van der Waals surface area contributed by atoms with Gasteiger partial charge < -0.3 is 24.6 Å². The number of hydrogen-bond donors (Lipinski definition) is 1. The molecular formula is C24H30FN5O3. The van der Waals surface area contributed by atoms with Gasteiger partial charge in [0.2, 0.25) is 11.7 Å². The number of ether oxygens (including phenoxy) is 2. The molecule has 0 aliphatic carbocycles. The van der Waals surface area contributed by atoms with Crippen molar-refractivity contribution in [2.45, 2.75) is 32.4 Å². The molecule has 3 saturated heterocycles. The molecule has 1 aromatic carbocycles. The number of aromatic nitrogens is 2. The van der Waals surface area contributed by atoms with Crippen LogP contribution in [-0.2, 0) is 9.53 Å². The molecule has 0 saturated carbocycles. The molecule has 1 N–H and O–H groups in total. The average molecular weight is 456 g/mol. The molecule has 4 atom stereocenters. The Bertz CT molecular complexity index is 992. The maximum absolute atomic E-state index is 15.4. The minimum atomic E-state index is -0.352. The Kier molecular flexibility index (Phi) is 6.05. The molecule has 33 heavy (non-hydrogen) atoms. The highest BCUT2D eigenvalue weighted by Gasteiger charge is 2.39. The van der Waals surface area contributed by atoms with Crippen LogP contribution in [0.4, 0.5) is 16.0 Å². The van der Waals surface area contributed by atoms with Crippen LogP contribution in [0.1, 0.15) is 31.9 Å². The molecular weight excluding hydrogens is 425 g/mol. The second kappa shape index (κ2) is 9.13. The van der Waals surface area contributed by atoms with Crippen molar-refractivity contribution in [3.05, 3.63) is 42.0 Å². The number of nitrogens with zero attached hydrogens (tertiary/aromatic N) is 4. The van der Waals surface area contributed by atoms with E-state index in [-0.39, 0.29) is 23.9 Å². The van der Waals surface area contributed by atoms with Crippen LogP contribution in [0.3, 0.4) is 0 Å². The highest BCUT2D eigenvalue weighted by atomic mass is 19.1. The van der Waals surface area contributed by atoms with Gasteiger partial charge in [0.15, 0.2) is 11.6 Å². The van der Waals surface area contributed by atoms with Crippen molar-refractivity contribution in [3.8, 4) is 5.75 Å². The summed E-state index contributed by atoms with van der Waals surface area (Å²) in [6.07, 6.45) is 2.19. The number of anilines is 2. The zero-order valence-corrected chi connectivity index (χ0v) is 19.0. The van der Waals surface area contributed by atoms with Crippen LogP contribution in [0.15, 0.2) is 30.6 Å². The maximum Gasteiger partial charge on any atom is 0.217 e. The number of halogens is 1. The average Bonchev–Trinajstić information content (AvgIpc) is 3.51. The molecule has 2 aromatic rings. The molecule has 1 amide bonds. The van der Waals surface area contributed by atoms with E-state index in [0.717, 1.165) is 44.0 Å². The quantitative estimate of drug-likeness (QED) is 0.717. The van der Waals surface area contributed by atoms with Crippen molar-refractivity contribution in [1.82, 2.24) is 15.3 Å². The SMILES string of the molecule is CC(=O)N[C@@H](C)c1ccc(O[C@@H]2CCN(c3ncnc(N4CC5COCC5C4)c3F)C2)cc1. The zero-order chi connectivity index (χ0) is 22.9. The van der Waals surface area contributed by atoms with Gasteiger partial charge in [-0.15, -0.1) is 0 Å². The Morgan fingerprint density at radius 1 is 1.12 bits per heavy atom. The number of rotatable bonds is 6. The molecule has 0 spiro atoms. The molecule has 8 nitrogen and oxygen atoms in total. The first-order chi connectivity index (χ1) is 16.0. The van der Waals surface area contributed by atoms with E-state index in [2.05, 4.69) is 15.3 Å². The molecule has 0 bridgehead atoms. The minimum Gasteiger partial charge on any atom is -0.489 e. The lowest BCUT2D eigenvalue weighted by molar-refractivity contribution is -0.119. The predicted octanol–water partition coefficient (Wildman–Crippen LogP) is 2.55. The van der Waals surface area contributed by atoms with Crippen LogP contribution < -0.4 is 19.9 Å². The molecule has 2 unspecified atom stereocenters. The second-order valence-corrected chi connectivity index (χ2v) is 9.26. The van der Waals surface area contributed by atoms with Gasteiger partial charge >= 0.3 is 0 Å². The Balaban J connectivity index is 1.21. The van der Waals surface area contributed by atoms with Crippen LogP contribution in [0.2, 0.25) is 0 Å². The van der Waals surface area contributed by atoms with Gasteiger partial charge in [-0.3, -0.25) is 4.79 Å². The third-order valence-corrected chi connectivity index (χ3v) is 6.84. The molecule has 3 aliphatic heterocycles. The number of amides is 1. The fraction of sp³-hybridized carbons (Fsp3) is 0.542. The van der Waals surface area contributed by atoms with Crippen LogP contribution >= 0.6 is 0 Å². The fourth-order valence-electron chi connectivity index (χ4n) is 5.09. The third-order valence-electron chi connectivity index (χ3n) is 6.84. The van der Waals surface area contributed by atoms with Gasteiger partial charge in [0.1, 0.15) is 18.2 Å². The van der Waals surface area contributed by atoms with Gasteiger partial charge in [-0.05, 0) is 24.6 Å². The van der Waals surface area contributed by atoms with Gasteiger partial charge in [0.05, 0.1) is 25.8 Å². The number of carbonyl (C=O) groups excluding carboxylic acids is 1. The highest BCUT2D eigenvalue weighted by molar-refractivity contribution is 5.73. The lowest BCUT2D eigenvalue weighted by Crippen LogP contribution is -2.29. The zero-order valence-electron chi connectivity index (χ0n) is 19.0. The van der Waals surface area contributed by atoms with E-state index in [1.807, 2.05) is 41.0 Å². The van der Waals surface area contributed by atoms with E-state index in [1.54, 1.807) is 0 Å². The van der Waals surface area contributed by atoms with Crippen LogP contribution in [0.5, 0.6) is 5.75 Å². The summed E-state index contributed by atoms with van der Waals surface area (Å²) in [6, 6.07) is 7.67. The summed E-state index contributed by atoms with van der Waals surface area (Å²) in [5, 5.41) is 2.87. The number of fused-ring (bicyclic) bond motifs is 1. The van der Waals surface area contributed by atoms with Gasteiger partial charge in [0, 0.05) is 44.8 Å². The largest absolute Gasteiger partial charge is 0.489 e. The van der Waals surface area contributed by atoms with E-state index >= 15 is 4.39 Å². The second-order valence-electron chi connectivity index (χ2n) is 9.26. The Hall–Kier alpha value is -2.94. The monoisotopic (exact) mass is 455 g/mol. The summed E-state index contributed by atoms with van der Waals surface area (Å²) in [7, 11) is 0. The molecule has 176 valence electrons. The molecule has 5 rings (SSSR count). The van der Waals surface area contributed by atoms with Gasteiger partial charge in [-0.2, -0.15) is 4.39 Å². The first-order valence-electron chi connectivity index (χ1n) is 11.6. The number of benzene rings is 1. The first-order valence-corrected chi connectivity index (χ1v) is 11.6. The topological polar surface area (TPSA) is 79.8 Å². The molecule has 1 aromatic heterocycles. The van der Waals surface area contributed by atoms with E-state index in [0.29, 0.717) is 36.6 Å². The summed E-state index contributed by atoms with van der Waals surface area (Å²) in [4.78, 5) is 23.8. The summed E-state index contributed by atoms with van der Waals surface area (Å²) in [5.74, 6) is 2.00. The van der Waals surface area contributed by atoms with Crippen molar-refractivity contribution < 1.29 is 18.7 Å². The lowest BCUT2D eigenvalue weighted by atomic mass is 10.0. The van der Waals surface area contributed by atoms with Crippen molar-refractivity contribution in [3.63, 3.8) is 0 Å². The third kappa shape index (κ3) is 4.59. The Labute approximate surface area is 193 Å². The van der Waals surface area contributed by atoms with Crippen molar-refractivity contribution >= 4 is 17.5 Å². The van der Waals surface area contributed by atoms with Crippen LogP contribution in [0, 0.1) is 17.7 Å². The lowest BCUT2D eigenvalue weighted by Gasteiger charge is -2.23. The summed E-state index contributed by atoms with van der Waals surface area (Å²) < 4.78 is 27.1. The van der Waals surface area contributed by atoms with Gasteiger partial charge in [0.25, 0.3) is 0 Å². The predicted molar refractivity (Wildman–Crippen MR) is 122 cm³/mol. The van der Waals surface area contributed by atoms with Crippen molar-refractivity contribution in [1.29, 1.82) is 0 Å². The molecule has 3 fully saturated rings. The number of carbonyl (C=O) groups is 1. The summed E-state index contributed by atoms with van der Waals surface area (Å²) in [5.41, 5.74) is 1.01. The number of nitrogens with one attached hydrogen (secondary N) is 1. The molecule has 0 radical (unpaired) electrons. The van der Waals surface area contributed by atoms with E-state index in [1.165, 1.54) is 13.3 Å². The van der Waals surface area contributed by atoms with Crippen molar-refractivity contribution in [2.75, 3.05) is 49.2 Å². The molecule has 4 heterocycles. The summed E-state index contributed by atoms with van der Waals surface area (Å²) >= 11 is 0. The van der Waals surface area contributed by atoms with Crippen LogP contribution in [0.25, 0.3) is 0 Å². The standard InChI is InChI=1S/C24H30FN5O3/c1-15(28-16(2)31)17-3-5-20(6-4-17)33-21-7-8-29(11-21)23-22(25)24(27-14-26-23)30-9-18-12-32-13-19(18)10-30/h3-6,14-15,18-19,21H,7-13H2,1-2H3,(H,28,31)/t15-,18?,19?,21+/m0/s1. The smallest absolute Gasteiger partial charge is 0.217 e. The van der Waals surface area contributed by atoms with E-state index < -0.39 is 0 Å². The highest BCUT2D eigenvalue weighted by Crippen LogP contribution is 2.35. The molecule has 9 heteroatoms. The molecule has 3 aliphatic rings. The fourth-order valence-corrected chi connectivity index (χ4v) is 5.09. The maximum atomic E-state index is 15.4. The number of hydrogen-bond acceptors (Lipinski definition) is 7. The first kappa shape index (κ1) is 21.9. The van der Waals surface area contributed by atoms with E-state index in [4.69, 9.17) is 9.47 Å². The van der Waals surface area contributed by atoms with Crippen LogP contribution in [-0.4, -0.2) is 61.4 Å². The minimum absolute atomic E-state index is 0.0512. The van der Waals surface area contributed by atoms with Gasteiger partial charge in [-0.25, -0.2) is 9.97 Å². The van der Waals surface area contributed by atoms with E-state index in [9.17, 15) is 4.79 Å². The normalized spacial score (nSPS) is 25.2. The summed E-state index contributed by atoms with van der Waals surface area (Å²) in [6.45, 7) is 7.75.